The third-order valence-electron chi connectivity index (χ3n) is 7.46. The van der Waals surface area contributed by atoms with Gasteiger partial charge in [0.05, 0.1) is 30.4 Å². The van der Waals surface area contributed by atoms with Crippen LogP contribution in [0, 0.1) is 0 Å². The average molecular weight is 549 g/mol. The van der Waals surface area contributed by atoms with Gasteiger partial charge in [-0.2, -0.15) is 13.2 Å². The van der Waals surface area contributed by atoms with Crippen molar-refractivity contribution in [1.29, 1.82) is 0 Å². The number of aromatic nitrogens is 1. The van der Waals surface area contributed by atoms with Crippen molar-refractivity contribution in [1.82, 2.24) is 20.5 Å². The first-order chi connectivity index (χ1) is 18.6. The van der Waals surface area contributed by atoms with Gasteiger partial charge in [0.25, 0.3) is 5.91 Å². The van der Waals surface area contributed by atoms with E-state index in [4.69, 9.17) is 4.74 Å². The SMILES string of the molecule is CCCCOc1ccc([C@]2(O)CC[C@H](N3CC(NC(=O)CNC(=O)c4cccc(C(F)(F)F)c4)C3)CC2)cn1. The van der Waals surface area contributed by atoms with E-state index in [1.807, 2.05) is 6.07 Å². The quantitative estimate of drug-likeness (QED) is 0.392. The molecule has 4 rings (SSSR count). The van der Waals surface area contributed by atoms with Crippen LogP contribution in [0.4, 0.5) is 13.2 Å². The molecule has 1 aromatic carbocycles. The molecule has 3 N–H and O–H groups in total. The summed E-state index contributed by atoms with van der Waals surface area (Å²) in [4.78, 5) is 31.1. The highest BCUT2D eigenvalue weighted by Crippen LogP contribution is 2.39. The topological polar surface area (TPSA) is 104 Å². The van der Waals surface area contributed by atoms with Gasteiger partial charge in [0.1, 0.15) is 0 Å². The van der Waals surface area contributed by atoms with E-state index in [-0.39, 0.29) is 18.2 Å². The van der Waals surface area contributed by atoms with Crippen molar-refractivity contribution in [2.24, 2.45) is 0 Å². The number of amides is 2. The van der Waals surface area contributed by atoms with Gasteiger partial charge in [-0.1, -0.05) is 19.4 Å². The molecular formula is C28H35F3N4O4. The molecule has 2 heterocycles. The fourth-order valence-corrected chi connectivity index (χ4v) is 5.08. The molecule has 0 unspecified atom stereocenters. The lowest BCUT2D eigenvalue weighted by Gasteiger charge is -2.48. The van der Waals surface area contributed by atoms with Crippen molar-refractivity contribution in [3.63, 3.8) is 0 Å². The lowest BCUT2D eigenvalue weighted by Crippen LogP contribution is -2.63. The Hall–Kier alpha value is -3.18. The highest BCUT2D eigenvalue weighted by atomic mass is 19.4. The number of likely N-dealkylation sites (tertiary alicyclic amines) is 1. The van der Waals surface area contributed by atoms with Gasteiger partial charge < -0.3 is 20.5 Å². The minimum atomic E-state index is -4.55. The number of halogens is 3. The van der Waals surface area contributed by atoms with Crippen LogP contribution in [0.5, 0.6) is 5.88 Å². The summed E-state index contributed by atoms with van der Waals surface area (Å²) in [5.74, 6) is -0.573. The molecule has 1 aliphatic carbocycles. The molecule has 1 saturated heterocycles. The number of alkyl halides is 3. The van der Waals surface area contributed by atoms with Crippen molar-refractivity contribution >= 4 is 11.8 Å². The highest BCUT2D eigenvalue weighted by molar-refractivity contribution is 5.96. The van der Waals surface area contributed by atoms with E-state index in [1.54, 1.807) is 12.3 Å². The lowest BCUT2D eigenvalue weighted by atomic mass is 9.77. The smallest absolute Gasteiger partial charge is 0.416 e. The summed E-state index contributed by atoms with van der Waals surface area (Å²) >= 11 is 0. The van der Waals surface area contributed by atoms with Gasteiger partial charge >= 0.3 is 6.18 Å². The number of benzene rings is 1. The van der Waals surface area contributed by atoms with Crippen LogP contribution in [0.3, 0.4) is 0 Å². The second-order valence-corrected chi connectivity index (χ2v) is 10.3. The van der Waals surface area contributed by atoms with Crippen molar-refractivity contribution in [3.8, 4) is 5.88 Å². The number of carbonyl (C=O) groups is 2. The second-order valence-electron chi connectivity index (χ2n) is 10.3. The number of hydrogen-bond acceptors (Lipinski definition) is 6. The monoisotopic (exact) mass is 548 g/mol. The zero-order valence-corrected chi connectivity index (χ0v) is 22.0. The Morgan fingerprint density at radius 3 is 2.56 bits per heavy atom. The summed E-state index contributed by atoms with van der Waals surface area (Å²) in [6.07, 6.45) is 2.03. The van der Waals surface area contributed by atoms with Crippen molar-refractivity contribution < 1.29 is 32.6 Å². The molecule has 39 heavy (non-hydrogen) atoms. The fraction of sp³-hybridized carbons (Fsp3) is 0.536. The largest absolute Gasteiger partial charge is 0.478 e. The van der Waals surface area contributed by atoms with E-state index in [1.165, 1.54) is 6.07 Å². The highest BCUT2D eigenvalue weighted by Gasteiger charge is 2.40. The molecule has 2 amide bonds. The van der Waals surface area contributed by atoms with E-state index >= 15 is 0 Å². The third kappa shape index (κ3) is 7.48. The summed E-state index contributed by atoms with van der Waals surface area (Å²) < 4.78 is 44.2. The summed E-state index contributed by atoms with van der Waals surface area (Å²) in [7, 11) is 0. The van der Waals surface area contributed by atoms with Crippen LogP contribution < -0.4 is 15.4 Å². The first kappa shape index (κ1) is 28.8. The van der Waals surface area contributed by atoms with Crippen LogP contribution in [0.2, 0.25) is 0 Å². The number of nitrogens with zero attached hydrogens (tertiary/aromatic N) is 2. The van der Waals surface area contributed by atoms with Gasteiger partial charge in [0.15, 0.2) is 0 Å². The molecule has 1 aliphatic heterocycles. The first-order valence-corrected chi connectivity index (χ1v) is 13.4. The molecule has 8 nitrogen and oxygen atoms in total. The predicted molar refractivity (Wildman–Crippen MR) is 138 cm³/mol. The number of hydrogen-bond donors (Lipinski definition) is 3. The van der Waals surface area contributed by atoms with Gasteiger partial charge in [0.2, 0.25) is 11.8 Å². The Kier molecular flexibility index (Phi) is 9.12. The number of rotatable bonds is 10. The molecule has 11 heteroatoms. The van der Waals surface area contributed by atoms with E-state index in [0.29, 0.717) is 44.5 Å². The summed E-state index contributed by atoms with van der Waals surface area (Å²) in [5.41, 5.74) is -1.19. The molecule has 0 bridgehead atoms. The number of pyridine rings is 1. The van der Waals surface area contributed by atoms with Crippen LogP contribution in [-0.4, -0.2) is 65.1 Å². The van der Waals surface area contributed by atoms with Crippen molar-refractivity contribution in [3.05, 3.63) is 59.3 Å². The van der Waals surface area contributed by atoms with Crippen LogP contribution in [0.25, 0.3) is 0 Å². The van der Waals surface area contributed by atoms with Crippen molar-refractivity contribution in [2.75, 3.05) is 26.2 Å². The number of unbranched alkanes of at least 4 members (excludes halogenated alkanes) is 1. The van der Waals surface area contributed by atoms with E-state index < -0.39 is 29.2 Å². The zero-order chi connectivity index (χ0) is 28.0. The van der Waals surface area contributed by atoms with Crippen LogP contribution in [-0.2, 0) is 16.6 Å². The zero-order valence-electron chi connectivity index (χ0n) is 22.0. The number of aliphatic hydroxyl groups is 1. The molecule has 2 aromatic rings. The summed E-state index contributed by atoms with van der Waals surface area (Å²) in [5, 5.41) is 16.4. The maximum absolute atomic E-state index is 12.9. The molecule has 0 radical (unpaired) electrons. The Bertz CT molecular complexity index is 1130. The molecular weight excluding hydrogens is 513 g/mol. The Labute approximate surface area is 225 Å². The normalized spacial score (nSPS) is 22.1. The first-order valence-electron chi connectivity index (χ1n) is 13.4. The predicted octanol–water partition coefficient (Wildman–Crippen LogP) is 3.64. The Balaban J connectivity index is 1.16. The average Bonchev–Trinajstić information content (AvgIpc) is 2.90. The molecule has 1 aromatic heterocycles. The Morgan fingerprint density at radius 2 is 1.92 bits per heavy atom. The van der Waals surface area contributed by atoms with Gasteiger partial charge in [-0.25, -0.2) is 4.98 Å². The molecule has 212 valence electrons. The molecule has 1 saturated carbocycles. The summed E-state index contributed by atoms with van der Waals surface area (Å²) in [6, 6.07) is 8.01. The summed E-state index contributed by atoms with van der Waals surface area (Å²) in [6.45, 7) is 3.74. The lowest BCUT2D eigenvalue weighted by molar-refractivity contribution is -0.137. The number of nitrogens with one attached hydrogen (secondary N) is 2. The standard InChI is InChI=1S/C28H35F3N4O4/c1-2-3-13-39-25-8-7-21(15-32-25)27(38)11-9-23(10-12-27)35-17-22(18-35)34-24(36)16-33-26(37)19-5-4-6-20(14-19)28(29,30)31/h4-8,14-15,22-23,38H,2-3,9-13,16-18H2,1H3,(H,33,37)(H,34,36)/t23-,27-. The van der Waals surface area contributed by atoms with Gasteiger partial charge in [-0.05, 0) is 56.4 Å². The maximum atomic E-state index is 12.9. The van der Waals surface area contributed by atoms with E-state index in [2.05, 4.69) is 27.4 Å². The van der Waals surface area contributed by atoms with Gasteiger partial charge in [-0.3, -0.25) is 14.5 Å². The second kappa shape index (κ2) is 12.3. The molecule has 0 atom stereocenters. The maximum Gasteiger partial charge on any atom is 0.416 e. The van der Waals surface area contributed by atoms with E-state index in [9.17, 15) is 27.9 Å². The van der Waals surface area contributed by atoms with E-state index in [0.717, 1.165) is 49.4 Å². The fourth-order valence-electron chi connectivity index (χ4n) is 5.08. The molecule has 2 aliphatic rings. The van der Waals surface area contributed by atoms with Gasteiger partial charge in [0, 0.05) is 42.5 Å². The molecule has 0 spiro atoms. The van der Waals surface area contributed by atoms with Crippen LogP contribution in [0.1, 0.15) is 66.9 Å². The number of carbonyl (C=O) groups excluding carboxylic acids is 2. The van der Waals surface area contributed by atoms with Crippen LogP contribution in [0.15, 0.2) is 42.6 Å². The van der Waals surface area contributed by atoms with Crippen molar-refractivity contribution in [2.45, 2.75) is 69.3 Å². The Morgan fingerprint density at radius 1 is 1.18 bits per heavy atom. The van der Waals surface area contributed by atoms with Crippen LogP contribution >= 0.6 is 0 Å². The minimum Gasteiger partial charge on any atom is -0.478 e. The number of ether oxygens (including phenoxy) is 1. The van der Waals surface area contributed by atoms with Gasteiger partial charge in [-0.15, -0.1) is 0 Å². The third-order valence-corrected chi connectivity index (χ3v) is 7.46. The minimum absolute atomic E-state index is 0.0618. The molecule has 2 fully saturated rings.